The Morgan fingerprint density at radius 1 is 1.06 bits per heavy atom. The quantitative estimate of drug-likeness (QED) is 0.580. The molecule has 0 aliphatic carbocycles. The molecule has 3 aromatic rings. The number of ether oxygens (including phenoxy) is 2. The van der Waals surface area contributed by atoms with Crippen LogP contribution in [0.1, 0.15) is 12.8 Å². The van der Waals surface area contributed by atoms with Crippen LogP contribution in [-0.2, 0) is 21.9 Å². The molecule has 0 bridgehead atoms. The number of benzene rings is 2. The molecular formula is C22H25N3O7S. The largest absolute Gasteiger partial charge is 0.497 e. The van der Waals surface area contributed by atoms with Crippen LogP contribution in [0.2, 0.25) is 0 Å². The van der Waals surface area contributed by atoms with E-state index in [0.29, 0.717) is 35.5 Å². The number of fused-ring (bicyclic) bond motifs is 1. The molecule has 1 amide bonds. The van der Waals surface area contributed by atoms with Gasteiger partial charge in [0.05, 0.1) is 24.6 Å². The summed E-state index contributed by atoms with van der Waals surface area (Å²) in [5.41, 5.74) is 1.28. The van der Waals surface area contributed by atoms with Gasteiger partial charge in [0.25, 0.3) is 0 Å². The third-order valence-electron chi connectivity index (χ3n) is 5.85. The van der Waals surface area contributed by atoms with E-state index in [1.807, 2.05) is 0 Å². The number of carbonyl (C=O) groups is 1. The van der Waals surface area contributed by atoms with E-state index in [1.165, 1.54) is 35.2 Å². The molecule has 4 rings (SSSR count). The maximum Gasteiger partial charge on any atom is 0.419 e. The smallest absolute Gasteiger partial charge is 0.419 e. The monoisotopic (exact) mass is 475 g/mol. The number of methoxy groups -OCH3 is 2. The molecule has 0 spiro atoms. The van der Waals surface area contributed by atoms with Crippen molar-refractivity contribution in [1.82, 2.24) is 8.87 Å². The molecule has 2 aromatic carbocycles. The van der Waals surface area contributed by atoms with Gasteiger partial charge < -0.3 is 19.2 Å². The molecule has 1 fully saturated rings. The van der Waals surface area contributed by atoms with Gasteiger partial charge in [-0.05, 0) is 25.0 Å². The zero-order valence-electron chi connectivity index (χ0n) is 18.5. The molecule has 0 saturated carbocycles. The van der Waals surface area contributed by atoms with E-state index < -0.39 is 15.8 Å². The first kappa shape index (κ1) is 22.9. The van der Waals surface area contributed by atoms with E-state index in [9.17, 15) is 18.0 Å². The number of aromatic nitrogens is 1. The van der Waals surface area contributed by atoms with Gasteiger partial charge in [0, 0.05) is 56.0 Å². The topological polar surface area (TPSA) is 120 Å². The minimum absolute atomic E-state index is 0.0516. The van der Waals surface area contributed by atoms with Gasteiger partial charge in [-0.15, -0.1) is 0 Å². The minimum atomic E-state index is -3.79. The van der Waals surface area contributed by atoms with Gasteiger partial charge in [-0.25, -0.2) is 13.2 Å². The van der Waals surface area contributed by atoms with Crippen molar-refractivity contribution in [3.63, 3.8) is 0 Å². The number of anilines is 1. The summed E-state index contributed by atoms with van der Waals surface area (Å²) in [7, 11) is 0.825. The van der Waals surface area contributed by atoms with Crippen LogP contribution in [0.5, 0.6) is 11.5 Å². The summed E-state index contributed by atoms with van der Waals surface area (Å²) >= 11 is 0. The number of carbonyl (C=O) groups excluding carboxylic acids is 1. The molecule has 1 aliphatic heterocycles. The van der Waals surface area contributed by atoms with E-state index in [2.05, 4.69) is 5.32 Å². The van der Waals surface area contributed by atoms with Crippen molar-refractivity contribution < 1.29 is 27.1 Å². The van der Waals surface area contributed by atoms with Crippen molar-refractivity contribution in [2.75, 3.05) is 32.6 Å². The van der Waals surface area contributed by atoms with Crippen LogP contribution in [0.25, 0.3) is 11.1 Å². The molecule has 33 heavy (non-hydrogen) atoms. The van der Waals surface area contributed by atoms with Gasteiger partial charge in [-0.3, -0.25) is 9.36 Å². The molecule has 1 aromatic heterocycles. The summed E-state index contributed by atoms with van der Waals surface area (Å²) < 4.78 is 44.4. The lowest BCUT2D eigenvalue weighted by atomic mass is 9.97. The highest BCUT2D eigenvalue weighted by Gasteiger charge is 2.32. The number of oxazole rings is 1. The third-order valence-corrected chi connectivity index (χ3v) is 7.74. The predicted molar refractivity (Wildman–Crippen MR) is 121 cm³/mol. The Labute approximate surface area is 190 Å². The van der Waals surface area contributed by atoms with E-state index in [-0.39, 0.29) is 35.4 Å². The van der Waals surface area contributed by atoms with E-state index in [0.717, 1.165) is 0 Å². The molecule has 10 nitrogen and oxygen atoms in total. The average Bonchev–Trinajstić information content (AvgIpc) is 3.11. The number of nitrogens with zero attached hydrogens (tertiary/aromatic N) is 2. The third kappa shape index (κ3) is 4.46. The minimum Gasteiger partial charge on any atom is -0.497 e. The Balaban J connectivity index is 1.44. The number of aryl methyl sites for hydroxylation is 1. The van der Waals surface area contributed by atoms with E-state index in [4.69, 9.17) is 13.9 Å². The van der Waals surface area contributed by atoms with Crippen LogP contribution in [-0.4, -0.2) is 50.5 Å². The molecule has 0 unspecified atom stereocenters. The molecule has 176 valence electrons. The summed E-state index contributed by atoms with van der Waals surface area (Å²) in [6, 6.07) is 9.46. The Morgan fingerprint density at radius 3 is 2.30 bits per heavy atom. The first-order valence-electron chi connectivity index (χ1n) is 10.4. The van der Waals surface area contributed by atoms with E-state index in [1.54, 1.807) is 31.3 Å². The van der Waals surface area contributed by atoms with Crippen molar-refractivity contribution in [3.05, 3.63) is 46.9 Å². The summed E-state index contributed by atoms with van der Waals surface area (Å²) in [5, 5.41) is 2.86. The van der Waals surface area contributed by atoms with Gasteiger partial charge in [0.15, 0.2) is 5.58 Å². The average molecular weight is 476 g/mol. The van der Waals surface area contributed by atoms with Gasteiger partial charge in [0.1, 0.15) is 11.5 Å². The highest BCUT2D eigenvalue weighted by Crippen LogP contribution is 2.29. The highest BCUT2D eigenvalue weighted by atomic mass is 32.2. The Hall–Kier alpha value is -3.31. The summed E-state index contributed by atoms with van der Waals surface area (Å²) in [6.45, 7) is 0.414. The Morgan fingerprint density at radius 2 is 1.70 bits per heavy atom. The van der Waals surface area contributed by atoms with Gasteiger partial charge in [0.2, 0.25) is 15.9 Å². The number of nitrogens with one attached hydrogen (secondary N) is 1. The van der Waals surface area contributed by atoms with Crippen LogP contribution in [0, 0.1) is 5.92 Å². The van der Waals surface area contributed by atoms with Crippen LogP contribution in [0.15, 0.2) is 50.5 Å². The normalized spacial score (nSPS) is 15.5. The second kappa shape index (κ2) is 8.91. The Kier molecular flexibility index (Phi) is 6.17. The first-order chi connectivity index (χ1) is 15.7. The standard InChI is InChI=1S/C22H25N3O7S/c1-24-19-5-4-18(13-20(19)32-22(24)27)33(28,29)25-8-6-14(7-9-25)21(26)23-15-10-16(30-2)12-17(11-15)31-3/h4-5,10-14H,6-9H2,1-3H3,(H,23,26). The van der Waals surface area contributed by atoms with Gasteiger partial charge >= 0.3 is 5.76 Å². The number of amides is 1. The molecule has 2 heterocycles. The van der Waals surface area contributed by atoms with Crippen molar-refractivity contribution >= 4 is 32.7 Å². The highest BCUT2D eigenvalue weighted by molar-refractivity contribution is 7.89. The molecule has 1 aliphatic rings. The number of sulfonamides is 1. The molecule has 0 atom stereocenters. The second-order valence-corrected chi connectivity index (χ2v) is 9.76. The van der Waals surface area contributed by atoms with Crippen molar-refractivity contribution in [2.45, 2.75) is 17.7 Å². The number of hydrogen-bond acceptors (Lipinski definition) is 7. The lowest BCUT2D eigenvalue weighted by molar-refractivity contribution is -0.120. The zero-order chi connectivity index (χ0) is 23.8. The van der Waals surface area contributed by atoms with E-state index >= 15 is 0 Å². The number of hydrogen-bond donors (Lipinski definition) is 1. The zero-order valence-corrected chi connectivity index (χ0v) is 19.3. The first-order valence-corrected chi connectivity index (χ1v) is 11.8. The van der Waals surface area contributed by atoms with Crippen LogP contribution < -0.4 is 20.5 Å². The van der Waals surface area contributed by atoms with Gasteiger partial charge in [-0.2, -0.15) is 4.31 Å². The molecule has 1 saturated heterocycles. The number of piperidine rings is 1. The SMILES string of the molecule is COc1cc(NC(=O)C2CCN(S(=O)(=O)c3ccc4c(c3)oc(=O)n4C)CC2)cc(OC)c1. The predicted octanol–water partition coefficient (Wildman–Crippen LogP) is 2.19. The second-order valence-electron chi connectivity index (χ2n) is 7.83. The van der Waals surface area contributed by atoms with Crippen molar-refractivity contribution in [3.8, 4) is 11.5 Å². The van der Waals surface area contributed by atoms with Crippen molar-refractivity contribution in [1.29, 1.82) is 0 Å². The molecule has 0 radical (unpaired) electrons. The molecular weight excluding hydrogens is 450 g/mol. The lowest BCUT2D eigenvalue weighted by Gasteiger charge is -2.30. The van der Waals surface area contributed by atoms with Crippen molar-refractivity contribution in [2.24, 2.45) is 13.0 Å². The lowest BCUT2D eigenvalue weighted by Crippen LogP contribution is -2.41. The summed E-state index contributed by atoms with van der Waals surface area (Å²) in [6.07, 6.45) is 0.768. The molecule has 1 N–H and O–H groups in total. The fourth-order valence-electron chi connectivity index (χ4n) is 3.91. The van der Waals surface area contributed by atoms with Crippen LogP contribution in [0.4, 0.5) is 5.69 Å². The molecule has 11 heteroatoms. The summed E-state index contributed by atoms with van der Waals surface area (Å²) in [5.74, 6) is 0.0340. The number of rotatable bonds is 6. The maximum atomic E-state index is 13.1. The van der Waals surface area contributed by atoms with Crippen LogP contribution in [0.3, 0.4) is 0 Å². The maximum absolute atomic E-state index is 13.1. The summed E-state index contributed by atoms with van der Waals surface area (Å²) in [4.78, 5) is 24.5. The van der Waals surface area contributed by atoms with Crippen LogP contribution >= 0.6 is 0 Å². The fraction of sp³-hybridized carbons (Fsp3) is 0.364. The van der Waals surface area contributed by atoms with Gasteiger partial charge in [-0.1, -0.05) is 0 Å². The fourth-order valence-corrected chi connectivity index (χ4v) is 5.39. The Bertz CT molecular complexity index is 1330.